The van der Waals surface area contributed by atoms with Crippen LogP contribution in [0.3, 0.4) is 0 Å². The molecule has 0 fully saturated rings. The summed E-state index contributed by atoms with van der Waals surface area (Å²) in [6.45, 7) is 1.29. The molecule has 0 bridgehead atoms. The van der Waals surface area contributed by atoms with Crippen molar-refractivity contribution in [3.8, 4) is 0 Å². The summed E-state index contributed by atoms with van der Waals surface area (Å²) in [7, 11) is 0. The van der Waals surface area contributed by atoms with E-state index < -0.39 is 29.0 Å². The van der Waals surface area contributed by atoms with E-state index in [1.807, 2.05) is 0 Å². The van der Waals surface area contributed by atoms with Gasteiger partial charge in [-0.25, -0.2) is 17.6 Å². The molecule has 2 nitrogen and oxygen atoms in total. The maximum atomic E-state index is 13.6. The second-order valence-corrected chi connectivity index (χ2v) is 4.10. The van der Waals surface area contributed by atoms with Gasteiger partial charge in [-0.2, -0.15) is 0 Å². The average Bonchev–Trinajstić information content (AvgIpc) is 2.41. The first kappa shape index (κ1) is 14.0. The van der Waals surface area contributed by atoms with E-state index in [2.05, 4.69) is 5.32 Å². The molecule has 0 radical (unpaired) electrons. The van der Waals surface area contributed by atoms with Crippen molar-refractivity contribution < 1.29 is 22.4 Å². The Bertz CT molecular complexity index is 685. The van der Waals surface area contributed by atoms with Crippen molar-refractivity contribution in [1.29, 1.82) is 0 Å². The molecule has 20 heavy (non-hydrogen) atoms. The topological polar surface area (TPSA) is 29.1 Å². The van der Waals surface area contributed by atoms with Gasteiger partial charge in [0.2, 0.25) is 0 Å². The standard InChI is InChI=1S/C14H9F4NO/c1-7(20)8-2-3-9(15)12(6-8)19-11-5-4-10(16)13(17)14(11)18/h2-6,19H,1H3. The number of Topliss-reactive ketones (excluding diaryl/α,β-unsaturated/α-hetero) is 1. The fraction of sp³-hybridized carbons (Fsp3) is 0.0714. The minimum atomic E-state index is -1.65. The van der Waals surface area contributed by atoms with Crippen molar-refractivity contribution >= 4 is 17.2 Å². The highest BCUT2D eigenvalue weighted by atomic mass is 19.2. The molecule has 6 heteroatoms. The second-order valence-electron chi connectivity index (χ2n) is 4.10. The Balaban J connectivity index is 2.42. The lowest BCUT2D eigenvalue weighted by atomic mass is 10.1. The second kappa shape index (κ2) is 5.32. The number of hydrogen-bond acceptors (Lipinski definition) is 2. The van der Waals surface area contributed by atoms with E-state index in [0.29, 0.717) is 6.07 Å². The molecule has 0 saturated carbocycles. The van der Waals surface area contributed by atoms with Crippen LogP contribution in [0, 0.1) is 23.3 Å². The molecule has 0 aliphatic rings. The summed E-state index contributed by atoms with van der Waals surface area (Å²) in [5.74, 6) is -5.51. The normalized spacial score (nSPS) is 10.4. The molecule has 0 atom stereocenters. The first-order valence-corrected chi connectivity index (χ1v) is 5.61. The largest absolute Gasteiger partial charge is 0.351 e. The van der Waals surface area contributed by atoms with Gasteiger partial charge in [-0.3, -0.25) is 4.79 Å². The van der Waals surface area contributed by atoms with Gasteiger partial charge in [0.25, 0.3) is 0 Å². The monoisotopic (exact) mass is 283 g/mol. The Morgan fingerprint density at radius 3 is 2.20 bits per heavy atom. The third-order valence-corrected chi connectivity index (χ3v) is 2.68. The number of hydrogen-bond donors (Lipinski definition) is 1. The number of carbonyl (C=O) groups excluding carboxylic acids is 1. The Kier molecular flexibility index (Phi) is 3.74. The van der Waals surface area contributed by atoms with E-state index in [1.165, 1.54) is 19.1 Å². The molecule has 2 aromatic carbocycles. The molecule has 0 amide bonds. The molecule has 0 aromatic heterocycles. The van der Waals surface area contributed by atoms with Crippen LogP contribution in [-0.2, 0) is 0 Å². The predicted molar refractivity (Wildman–Crippen MR) is 66.0 cm³/mol. The van der Waals surface area contributed by atoms with Gasteiger partial charge in [-0.1, -0.05) is 0 Å². The van der Waals surface area contributed by atoms with Crippen LogP contribution in [0.1, 0.15) is 17.3 Å². The number of halogens is 4. The third-order valence-electron chi connectivity index (χ3n) is 2.68. The average molecular weight is 283 g/mol. The van der Waals surface area contributed by atoms with Crippen molar-refractivity contribution in [1.82, 2.24) is 0 Å². The van der Waals surface area contributed by atoms with Crippen molar-refractivity contribution in [2.75, 3.05) is 5.32 Å². The number of benzene rings is 2. The van der Waals surface area contributed by atoms with Crippen molar-refractivity contribution in [2.45, 2.75) is 6.92 Å². The van der Waals surface area contributed by atoms with E-state index in [0.717, 1.165) is 12.1 Å². The highest BCUT2D eigenvalue weighted by Crippen LogP contribution is 2.26. The number of nitrogens with one attached hydrogen (secondary N) is 1. The SMILES string of the molecule is CC(=O)c1ccc(F)c(Nc2ccc(F)c(F)c2F)c1. The van der Waals surface area contributed by atoms with E-state index in [-0.39, 0.29) is 17.0 Å². The first-order chi connectivity index (χ1) is 9.40. The smallest absolute Gasteiger partial charge is 0.196 e. The minimum absolute atomic E-state index is 0.205. The number of carbonyl (C=O) groups is 1. The highest BCUT2D eigenvalue weighted by Gasteiger charge is 2.15. The number of rotatable bonds is 3. The lowest BCUT2D eigenvalue weighted by molar-refractivity contribution is 0.101. The van der Waals surface area contributed by atoms with Crippen LogP contribution in [0.15, 0.2) is 30.3 Å². The van der Waals surface area contributed by atoms with Crippen LogP contribution in [0.25, 0.3) is 0 Å². The number of ketones is 1. The molecule has 2 rings (SSSR count). The maximum absolute atomic E-state index is 13.6. The molecule has 0 aliphatic carbocycles. The molecule has 0 spiro atoms. The van der Waals surface area contributed by atoms with Crippen LogP contribution >= 0.6 is 0 Å². The van der Waals surface area contributed by atoms with E-state index in [4.69, 9.17) is 0 Å². The quantitative estimate of drug-likeness (QED) is 0.520. The molecule has 0 aliphatic heterocycles. The van der Waals surface area contributed by atoms with Gasteiger partial charge >= 0.3 is 0 Å². The van der Waals surface area contributed by atoms with Crippen molar-refractivity contribution in [3.63, 3.8) is 0 Å². The summed E-state index contributed by atoms with van der Waals surface area (Å²) >= 11 is 0. The summed E-state index contributed by atoms with van der Waals surface area (Å²) in [5, 5.41) is 2.29. The fourth-order valence-corrected chi connectivity index (χ4v) is 1.61. The van der Waals surface area contributed by atoms with Crippen molar-refractivity contribution in [3.05, 3.63) is 59.2 Å². The van der Waals surface area contributed by atoms with Gasteiger partial charge in [0, 0.05) is 5.56 Å². The summed E-state index contributed by atoms with van der Waals surface area (Å²) in [6.07, 6.45) is 0. The van der Waals surface area contributed by atoms with Crippen LogP contribution in [0.5, 0.6) is 0 Å². The molecular weight excluding hydrogens is 274 g/mol. The zero-order chi connectivity index (χ0) is 14.9. The van der Waals surface area contributed by atoms with Crippen LogP contribution in [-0.4, -0.2) is 5.78 Å². The molecule has 0 saturated heterocycles. The Morgan fingerprint density at radius 1 is 0.900 bits per heavy atom. The Morgan fingerprint density at radius 2 is 1.55 bits per heavy atom. The van der Waals surface area contributed by atoms with Gasteiger partial charge in [0.15, 0.2) is 23.2 Å². The summed E-state index contributed by atoms with van der Waals surface area (Å²) < 4.78 is 52.9. The zero-order valence-electron chi connectivity index (χ0n) is 10.3. The maximum Gasteiger partial charge on any atom is 0.196 e. The van der Waals surface area contributed by atoms with Crippen LogP contribution < -0.4 is 5.32 Å². The van der Waals surface area contributed by atoms with Crippen LogP contribution in [0.4, 0.5) is 28.9 Å². The zero-order valence-corrected chi connectivity index (χ0v) is 10.3. The minimum Gasteiger partial charge on any atom is -0.351 e. The first-order valence-electron chi connectivity index (χ1n) is 5.61. The molecule has 0 unspecified atom stereocenters. The number of anilines is 2. The van der Waals surface area contributed by atoms with Gasteiger partial charge < -0.3 is 5.32 Å². The van der Waals surface area contributed by atoms with E-state index >= 15 is 0 Å². The molecule has 2 aromatic rings. The summed E-state index contributed by atoms with van der Waals surface area (Å²) in [5.41, 5.74) is -0.428. The molecule has 1 N–H and O–H groups in total. The van der Waals surface area contributed by atoms with Gasteiger partial charge in [-0.15, -0.1) is 0 Å². The summed E-state index contributed by atoms with van der Waals surface area (Å²) in [6, 6.07) is 5.11. The van der Waals surface area contributed by atoms with Gasteiger partial charge in [-0.05, 0) is 37.3 Å². The predicted octanol–water partition coefficient (Wildman–Crippen LogP) is 4.19. The van der Waals surface area contributed by atoms with Crippen molar-refractivity contribution in [2.24, 2.45) is 0 Å². The van der Waals surface area contributed by atoms with Gasteiger partial charge in [0.05, 0.1) is 11.4 Å². The Labute approximate surface area is 112 Å². The molecule has 0 heterocycles. The van der Waals surface area contributed by atoms with E-state index in [1.54, 1.807) is 0 Å². The van der Waals surface area contributed by atoms with Crippen LogP contribution in [0.2, 0.25) is 0 Å². The lowest BCUT2D eigenvalue weighted by Gasteiger charge is -2.10. The summed E-state index contributed by atoms with van der Waals surface area (Å²) in [4.78, 5) is 11.2. The fourth-order valence-electron chi connectivity index (χ4n) is 1.61. The molecule has 104 valence electrons. The molecular formula is C14H9F4NO. The Hall–Kier alpha value is -2.37. The lowest BCUT2D eigenvalue weighted by Crippen LogP contribution is -2.02. The third kappa shape index (κ3) is 2.64. The van der Waals surface area contributed by atoms with Gasteiger partial charge in [0.1, 0.15) is 5.82 Å². The highest BCUT2D eigenvalue weighted by molar-refractivity contribution is 5.95. The van der Waals surface area contributed by atoms with E-state index in [9.17, 15) is 22.4 Å².